The molecular formula is Y34. The summed E-state index contributed by atoms with van der Waals surface area (Å²) < 4.78 is 0. The van der Waals surface area contributed by atoms with Gasteiger partial charge in [-0.2, -0.15) is 0 Å². The molecule has 0 spiro atoms. The molecule has 0 rings (SSSR count). The van der Waals surface area contributed by atoms with Crippen LogP contribution in [-0.2, 0) is 1110 Å². The molecule has 0 aliphatic heterocycles. The van der Waals surface area contributed by atoms with Gasteiger partial charge in [0.2, 0.25) is 0 Å². The quantitative estimate of drug-likeness (QED) is 0.319. The average Bonchev–Trinajstić information content (AvgIpc) is 0. The monoisotopic (exact) mass is 3020 g/mol. The van der Waals surface area contributed by atoms with Crippen molar-refractivity contribution >= 4 is 0 Å². The van der Waals surface area contributed by atoms with E-state index in [1.165, 1.54) is 0 Å². The number of hydrogen-bond acceptors (Lipinski definition) is 0. The summed E-state index contributed by atoms with van der Waals surface area (Å²) in [6.07, 6.45) is 0. The van der Waals surface area contributed by atoms with Gasteiger partial charge in [-0.25, -0.2) is 0 Å². The van der Waals surface area contributed by atoms with Crippen molar-refractivity contribution < 1.29 is 1110 Å². The smallest absolute Gasteiger partial charge is 0 e. The Morgan fingerprint density at radius 1 is 0.0294 bits per heavy atom. The molecule has 0 amide bonds. The van der Waals surface area contributed by atoms with Crippen LogP contribution in [0.3, 0.4) is 0 Å². The van der Waals surface area contributed by atoms with Crippen LogP contribution in [0.25, 0.3) is 0 Å². The van der Waals surface area contributed by atoms with Gasteiger partial charge in [0.05, 0.1) is 0 Å². The third kappa shape index (κ3) is 232. The third-order valence-electron chi connectivity index (χ3n) is 0. The van der Waals surface area contributed by atoms with E-state index in [9.17, 15) is 0 Å². The maximum Gasteiger partial charge on any atom is 0 e. The Hall–Kier alpha value is 37.5. The minimum absolute atomic E-state index is 0. The summed E-state index contributed by atoms with van der Waals surface area (Å²) >= 11 is 0. The van der Waals surface area contributed by atoms with E-state index >= 15 is 0 Å². The van der Waals surface area contributed by atoms with Crippen LogP contribution >= 0.6 is 0 Å². The predicted molar refractivity (Wildman–Crippen MR) is 0 cm³/mol. The van der Waals surface area contributed by atoms with Crippen LogP contribution in [0.15, 0.2) is 0 Å². The maximum atomic E-state index is 0. The molecule has 0 saturated heterocycles. The summed E-state index contributed by atoms with van der Waals surface area (Å²) in [5, 5.41) is 0. The second-order valence-corrected chi connectivity index (χ2v) is 0. The Kier molecular flexibility index (Phi) is 1800. The Labute approximate surface area is 1070 Å². The van der Waals surface area contributed by atoms with Gasteiger partial charge in [-0.05, 0) is 0 Å². The minimum atomic E-state index is 0. The number of hydrogen-bond donors (Lipinski definition) is 0. The Bertz CT molecular complexity index is 0. The largest absolute Gasteiger partial charge is 0 e. The van der Waals surface area contributed by atoms with Crippen LogP contribution in [0, 0.1) is 0 Å². The topological polar surface area (TPSA) is 0 Å². The Morgan fingerprint density at radius 3 is 0.0294 bits per heavy atom. The molecule has 0 bridgehead atoms. The van der Waals surface area contributed by atoms with E-state index in [2.05, 4.69) is 0 Å². The second kappa shape index (κ2) is 242. The summed E-state index contributed by atoms with van der Waals surface area (Å²) in [7, 11) is 0. The fraction of sp³-hybridized carbons (Fsp3) is 0. The van der Waals surface area contributed by atoms with Crippen LogP contribution < -0.4 is 0 Å². The molecule has 0 atom stereocenters. The molecule has 34 radical (unpaired) electrons. The fourth-order valence-electron chi connectivity index (χ4n) is 0. The van der Waals surface area contributed by atoms with Crippen molar-refractivity contribution in [3.63, 3.8) is 0 Å². The molecule has 0 nitrogen and oxygen atoms in total. The molecule has 0 fully saturated rings. The zero-order valence-corrected chi connectivity index (χ0v) is 116. The first kappa shape index (κ1) is 253. The fourth-order valence-corrected chi connectivity index (χ4v) is 0. The van der Waals surface area contributed by atoms with E-state index < -0.39 is 0 Å². The van der Waals surface area contributed by atoms with Gasteiger partial charge in [0.15, 0.2) is 0 Å². The average molecular weight is 3020 g/mol. The third-order valence-corrected chi connectivity index (χ3v) is 0. The van der Waals surface area contributed by atoms with Crippen LogP contribution in [0.2, 0.25) is 0 Å². The molecule has 0 aromatic carbocycles. The van der Waals surface area contributed by atoms with Crippen LogP contribution in [0.1, 0.15) is 0 Å². The first-order chi connectivity index (χ1) is 0. The first-order valence-electron chi connectivity index (χ1n) is 0. The SMILES string of the molecule is [Y].[Y].[Y].[Y].[Y].[Y].[Y].[Y].[Y].[Y].[Y].[Y].[Y].[Y].[Y].[Y].[Y].[Y].[Y].[Y].[Y].[Y].[Y].[Y].[Y].[Y].[Y].[Y].[Y].[Y].[Y].[Y].[Y].[Y]. The molecule has 0 aromatic heterocycles. The molecule has 0 aromatic rings. The van der Waals surface area contributed by atoms with Crippen molar-refractivity contribution in [3.8, 4) is 0 Å². The first-order valence-corrected chi connectivity index (χ1v) is 0. The molecule has 0 N–H and O–H groups in total. The Balaban J connectivity index is 0. The zero-order chi connectivity index (χ0) is 0. The minimum Gasteiger partial charge on any atom is 0 e. The molecule has 0 aliphatic carbocycles. The molecule has 102 valence electrons. The summed E-state index contributed by atoms with van der Waals surface area (Å²) in [5.74, 6) is 0. The van der Waals surface area contributed by atoms with Gasteiger partial charge in [0.25, 0.3) is 0 Å². The maximum absolute atomic E-state index is 0. The van der Waals surface area contributed by atoms with Gasteiger partial charge in [0, 0.05) is 1110 Å². The van der Waals surface area contributed by atoms with E-state index in [-0.39, 0.29) is 1110 Å². The van der Waals surface area contributed by atoms with Gasteiger partial charge in [-0.1, -0.05) is 0 Å². The summed E-state index contributed by atoms with van der Waals surface area (Å²) in [4.78, 5) is 0. The van der Waals surface area contributed by atoms with E-state index in [4.69, 9.17) is 0 Å². The summed E-state index contributed by atoms with van der Waals surface area (Å²) in [5.41, 5.74) is 0. The molecule has 34 heavy (non-hydrogen) atoms. The van der Waals surface area contributed by atoms with Crippen molar-refractivity contribution in [1.82, 2.24) is 0 Å². The van der Waals surface area contributed by atoms with Gasteiger partial charge < -0.3 is 0 Å². The summed E-state index contributed by atoms with van der Waals surface area (Å²) in [6.45, 7) is 0. The molecular weight excluding hydrogens is 3020 g/mol. The van der Waals surface area contributed by atoms with E-state index in [1.807, 2.05) is 0 Å². The number of rotatable bonds is 0. The van der Waals surface area contributed by atoms with Crippen LogP contribution in [0.5, 0.6) is 0 Å². The van der Waals surface area contributed by atoms with E-state index in [1.54, 1.807) is 0 Å². The van der Waals surface area contributed by atoms with Crippen LogP contribution in [0.4, 0.5) is 0 Å². The van der Waals surface area contributed by atoms with E-state index in [0.29, 0.717) is 0 Å². The Morgan fingerprint density at radius 2 is 0.0294 bits per heavy atom. The standard InChI is InChI=1S/34Y. The molecule has 0 saturated carbocycles. The molecule has 34 heteroatoms. The molecule has 0 unspecified atom stereocenters. The van der Waals surface area contributed by atoms with Crippen molar-refractivity contribution in [2.45, 2.75) is 0 Å². The zero-order valence-electron chi connectivity index (χ0n) is 19.6. The molecule has 0 heterocycles. The van der Waals surface area contributed by atoms with Crippen molar-refractivity contribution in [2.24, 2.45) is 0 Å². The normalized spacial score (nSPS) is 0. The predicted octanol–water partition coefficient (Wildman–Crippen LogP) is -0.0850. The summed E-state index contributed by atoms with van der Waals surface area (Å²) in [6, 6.07) is 0. The molecule has 0 aliphatic rings. The van der Waals surface area contributed by atoms with Gasteiger partial charge >= 0.3 is 0 Å². The van der Waals surface area contributed by atoms with Crippen molar-refractivity contribution in [2.75, 3.05) is 0 Å². The van der Waals surface area contributed by atoms with Crippen LogP contribution in [-0.4, -0.2) is 0 Å². The van der Waals surface area contributed by atoms with Gasteiger partial charge in [0.1, 0.15) is 0 Å². The van der Waals surface area contributed by atoms with Crippen molar-refractivity contribution in [3.05, 3.63) is 0 Å². The van der Waals surface area contributed by atoms with Gasteiger partial charge in [-0.15, -0.1) is 0 Å². The second-order valence-electron chi connectivity index (χ2n) is 0. The van der Waals surface area contributed by atoms with Gasteiger partial charge in [-0.3, -0.25) is 0 Å². The van der Waals surface area contributed by atoms with Crippen molar-refractivity contribution in [1.29, 1.82) is 0 Å². The van der Waals surface area contributed by atoms with E-state index in [0.717, 1.165) is 0 Å².